The highest BCUT2D eigenvalue weighted by Gasteiger charge is 2.23. The number of amides is 1. The van der Waals surface area contributed by atoms with E-state index in [1.807, 2.05) is 6.07 Å². The lowest BCUT2D eigenvalue weighted by molar-refractivity contribution is 0.00752. The summed E-state index contributed by atoms with van der Waals surface area (Å²) < 4.78 is 10.6. The van der Waals surface area contributed by atoms with Crippen LogP contribution in [0.15, 0.2) is 29.3 Å². The summed E-state index contributed by atoms with van der Waals surface area (Å²) >= 11 is 0. The summed E-state index contributed by atoms with van der Waals surface area (Å²) in [6.07, 6.45) is 0. The van der Waals surface area contributed by atoms with Crippen molar-refractivity contribution >= 4 is 11.9 Å². The van der Waals surface area contributed by atoms with Crippen molar-refractivity contribution in [1.82, 2.24) is 20.9 Å². The van der Waals surface area contributed by atoms with E-state index in [0.717, 1.165) is 38.8 Å². The molecule has 2 rings (SSSR count). The number of aliphatic imine (C=N–C) groups is 1. The number of rotatable bonds is 9. The monoisotopic (exact) mass is 405 g/mol. The van der Waals surface area contributed by atoms with Crippen molar-refractivity contribution in [2.45, 2.75) is 19.9 Å². The number of nitrogens with one attached hydrogen (secondary N) is 3. The number of methoxy groups -OCH3 is 1. The molecule has 29 heavy (non-hydrogen) atoms. The van der Waals surface area contributed by atoms with Crippen LogP contribution >= 0.6 is 0 Å². The van der Waals surface area contributed by atoms with E-state index in [1.165, 1.54) is 0 Å². The zero-order valence-electron chi connectivity index (χ0n) is 18.0. The van der Waals surface area contributed by atoms with Gasteiger partial charge in [-0.3, -0.25) is 14.7 Å². The molecular formula is C21H35N5O3. The second-order valence-corrected chi connectivity index (χ2v) is 7.33. The predicted molar refractivity (Wildman–Crippen MR) is 116 cm³/mol. The quantitative estimate of drug-likeness (QED) is 0.322. The van der Waals surface area contributed by atoms with Gasteiger partial charge in [0.1, 0.15) is 5.75 Å². The summed E-state index contributed by atoms with van der Waals surface area (Å²) in [5.41, 5.74) is 0.581. The lowest BCUT2D eigenvalue weighted by Gasteiger charge is -2.37. The second-order valence-electron chi connectivity index (χ2n) is 7.33. The van der Waals surface area contributed by atoms with Crippen molar-refractivity contribution in [3.63, 3.8) is 0 Å². The van der Waals surface area contributed by atoms with Gasteiger partial charge < -0.3 is 25.4 Å². The molecule has 1 aromatic carbocycles. The molecule has 162 valence electrons. The van der Waals surface area contributed by atoms with Crippen LogP contribution in [0.3, 0.4) is 0 Å². The van der Waals surface area contributed by atoms with Gasteiger partial charge in [0.15, 0.2) is 5.96 Å². The normalized spacial score (nSPS) is 16.4. The number of nitrogens with zero attached hydrogens (tertiary/aromatic N) is 2. The first-order chi connectivity index (χ1) is 14.0. The molecule has 1 aliphatic rings. The van der Waals surface area contributed by atoms with Gasteiger partial charge in [-0.1, -0.05) is 19.9 Å². The van der Waals surface area contributed by atoms with Crippen LogP contribution in [0.25, 0.3) is 0 Å². The highest BCUT2D eigenvalue weighted by Crippen LogP contribution is 2.13. The summed E-state index contributed by atoms with van der Waals surface area (Å²) in [5.74, 6) is 1.81. The van der Waals surface area contributed by atoms with E-state index in [0.29, 0.717) is 36.4 Å². The van der Waals surface area contributed by atoms with Crippen LogP contribution in [0, 0.1) is 5.92 Å². The molecule has 1 heterocycles. The highest BCUT2D eigenvalue weighted by molar-refractivity contribution is 5.94. The maximum Gasteiger partial charge on any atom is 0.251 e. The first-order valence-corrected chi connectivity index (χ1v) is 10.2. The van der Waals surface area contributed by atoms with Crippen LogP contribution in [0.2, 0.25) is 0 Å². The SMILES string of the molecule is CN=C(NCCNC(=O)c1cccc(OC)c1)NCC(C(C)C)N1CCOCC1. The Bertz CT molecular complexity index is 659. The van der Waals surface area contributed by atoms with E-state index >= 15 is 0 Å². The molecule has 1 aromatic rings. The Morgan fingerprint density at radius 2 is 1.93 bits per heavy atom. The summed E-state index contributed by atoms with van der Waals surface area (Å²) in [6, 6.07) is 7.53. The molecule has 1 atom stereocenters. The van der Waals surface area contributed by atoms with Gasteiger partial charge in [-0.2, -0.15) is 0 Å². The fourth-order valence-corrected chi connectivity index (χ4v) is 3.34. The van der Waals surface area contributed by atoms with Crippen LogP contribution in [0.5, 0.6) is 5.75 Å². The number of ether oxygens (including phenoxy) is 2. The van der Waals surface area contributed by atoms with Crippen LogP contribution in [0.4, 0.5) is 0 Å². The van der Waals surface area contributed by atoms with E-state index < -0.39 is 0 Å². The number of guanidine groups is 1. The number of morpholine rings is 1. The van der Waals surface area contributed by atoms with Gasteiger partial charge in [-0.05, 0) is 24.1 Å². The topological polar surface area (TPSA) is 87.2 Å². The molecular weight excluding hydrogens is 370 g/mol. The van der Waals surface area contributed by atoms with Crippen molar-refractivity contribution in [1.29, 1.82) is 0 Å². The van der Waals surface area contributed by atoms with E-state index in [1.54, 1.807) is 32.4 Å². The van der Waals surface area contributed by atoms with Gasteiger partial charge in [0.2, 0.25) is 0 Å². The highest BCUT2D eigenvalue weighted by atomic mass is 16.5. The minimum absolute atomic E-state index is 0.124. The molecule has 1 aliphatic heterocycles. The summed E-state index contributed by atoms with van der Waals surface area (Å²) in [6.45, 7) is 9.89. The molecule has 1 saturated heterocycles. The third kappa shape index (κ3) is 7.55. The molecule has 1 unspecified atom stereocenters. The maximum atomic E-state index is 12.2. The summed E-state index contributed by atoms with van der Waals surface area (Å²) in [7, 11) is 3.34. The summed E-state index contributed by atoms with van der Waals surface area (Å²) in [5, 5.41) is 9.57. The van der Waals surface area contributed by atoms with Crippen molar-refractivity contribution in [2.75, 3.05) is 60.1 Å². The number of benzene rings is 1. The van der Waals surface area contributed by atoms with E-state index in [-0.39, 0.29) is 5.91 Å². The third-order valence-electron chi connectivity index (χ3n) is 5.02. The first kappa shape index (κ1) is 23.0. The van der Waals surface area contributed by atoms with Crippen LogP contribution in [-0.2, 0) is 4.74 Å². The molecule has 1 amide bonds. The Balaban J connectivity index is 1.73. The van der Waals surface area contributed by atoms with Crippen molar-refractivity contribution in [3.05, 3.63) is 29.8 Å². The van der Waals surface area contributed by atoms with Gasteiger partial charge in [0, 0.05) is 51.4 Å². The van der Waals surface area contributed by atoms with Crippen molar-refractivity contribution in [3.8, 4) is 5.75 Å². The average molecular weight is 406 g/mol. The minimum Gasteiger partial charge on any atom is -0.497 e. The van der Waals surface area contributed by atoms with Gasteiger partial charge in [-0.15, -0.1) is 0 Å². The summed E-state index contributed by atoms with van der Waals surface area (Å²) in [4.78, 5) is 19.0. The molecule has 8 nitrogen and oxygen atoms in total. The average Bonchev–Trinajstić information content (AvgIpc) is 2.75. The molecule has 3 N–H and O–H groups in total. The van der Waals surface area contributed by atoms with Crippen LogP contribution in [-0.4, -0.2) is 82.9 Å². The number of hydrogen-bond donors (Lipinski definition) is 3. The lowest BCUT2D eigenvalue weighted by atomic mass is 10.0. The number of hydrogen-bond acceptors (Lipinski definition) is 5. The number of carbonyl (C=O) groups excluding carboxylic acids is 1. The molecule has 0 spiro atoms. The Labute approximate surface area is 174 Å². The molecule has 0 saturated carbocycles. The van der Waals surface area contributed by atoms with Gasteiger partial charge in [0.25, 0.3) is 5.91 Å². The molecule has 0 aromatic heterocycles. The fraction of sp³-hybridized carbons (Fsp3) is 0.619. The minimum atomic E-state index is -0.124. The second kappa shape index (κ2) is 12.3. The lowest BCUT2D eigenvalue weighted by Crippen LogP contribution is -2.53. The third-order valence-corrected chi connectivity index (χ3v) is 5.02. The van der Waals surface area contributed by atoms with Crippen LogP contribution in [0.1, 0.15) is 24.2 Å². The molecule has 1 fully saturated rings. The predicted octanol–water partition coefficient (Wildman–Crippen LogP) is 0.947. The van der Waals surface area contributed by atoms with Gasteiger partial charge >= 0.3 is 0 Å². The standard InChI is InChI=1S/C21H35N5O3/c1-16(2)19(26-10-12-29-13-11-26)15-25-21(22-3)24-9-8-23-20(27)17-6-5-7-18(14-17)28-4/h5-7,14,16,19H,8-13,15H2,1-4H3,(H,23,27)(H2,22,24,25). The zero-order valence-corrected chi connectivity index (χ0v) is 18.0. The fourth-order valence-electron chi connectivity index (χ4n) is 3.34. The van der Waals surface area contributed by atoms with E-state index in [2.05, 4.69) is 39.7 Å². The van der Waals surface area contributed by atoms with Crippen molar-refractivity contribution < 1.29 is 14.3 Å². The first-order valence-electron chi connectivity index (χ1n) is 10.2. The van der Waals surface area contributed by atoms with E-state index in [9.17, 15) is 4.79 Å². The molecule has 0 radical (unpaired) electrons. The Morgan fingerprint density at radius 3 is 2.59 bits per heavy atom. The Hall–Kier alpha value is -2.32. The smallest absolute Gasteiger partial charge is 0.251 e. The molecule has 8 heteroatoms. The molecule has 0 aliphatic carbocycles. The zero-order chi connectivity index (χ0) is 21.1. The van der Waals surface area contributed by atoms with Gasteiger partial charge in [0.05, 0.1) is 20.3 Å². The van der Waals surface area contributed by atoms with Crippen LogP contribution < -0.4 is 20.7 Å². The Kier molecular flexibility index (Phi) is 9.73. The maximum absolute atomic E-state index is 12.2. The van der Waals surface area contributed by atoms with Crippen molar-refractivity contribution in [2.24, 2.45) is 10.9 Å². The number of carbonyl (C=O) groups is 1. The molecule has 0 bridgehead atoms. The van der Waals surface area contributed by atoms with E-state index in [4.69, 9.17) is 9.47 Å². The Morgan fingerprint density at radius 1 is 1.21 bits per heavy atom. The van der Waals surface area contributed by atoms with Gasteiger partial charge in [-0.25, -0.2) is 0 Å². The largest absolute Gasteiger partial charge is 0.497 e.